The Balaban J connectivity index is 1.91. The van der Waals surface area contributed by atoms with Crippen LogP contribution in [-0.4, -0.2) is 53.8 Å². The van der Waals surface area contributed by atoms with Gasteiger partial charge < -0.3 is 16.0 Å². The van der Waals surface area contributed by atoms with Gasteiger partial charge in [-0.1, -0.05) is 26.7 Å². The van der Waals surface area contributed by atoms with Gasteiger partial charge in [0.05, 0.1) is 6.54 Å². The van der Waals surface area contributed by atoms with E-state index in [9.17, 15) is 19.2 Å². The quantitative estimate of drug-likeness (QED) is 0.460. The largest absolute Gasteiger partial charge is 0.354 e. The predicted molar refractivity (Wildman–Crippen MR) is 99.2 cm³/mol. The summed E-state index contributed by atoms with van der Waals surface area (Å²) < 4.78 is 0. The normalized spacial score (nSPS) is 26.4. The SMILES string of the molecule is C#CCNC(=O)CCNC(=O)CN1C(=O)NC2(CC(C)CC(C)(C)C2)C1=O. The van der Waals surface area contributed by atoms with Gasteiger partial charge in [0.25, 0.3) is 5.91 Å². The van der Waals surface area contributed by atoms with E-state index in [4.69, 9.17) is 6.42 Å². The fourth-order valence-corrected chi connectivity index (χ4v) is 4.40. The van der Waals surface area contributed by atoms with Crippen molar-refractivity contribution >= 4 is 23.8 Å². The summed E-state index contributed by atoms with van der Waals surface area (Å²) in [4.78, 5) is 49.8. The number of carbonyl (C=O) groups is 4. The summed E-state index contributed by atoms with van der Waals surface area (Å²) >= 11 is 0. The first-order valence-electron chi connectivity index (χ1n) is 9.19. The van der Waals surface area contributed by atoms with Crippen LogP contribution in [-0.2, 0) is 14.4 Å². The molecule has 5 amide bonds. The molecule has 0 bridgehead atoms. The molecule has 2 fully saturated rings. The van der Waals surface area contributed by atoms with E-state index in [2.05, 4.69) is 42.6 Å². The van der Waals surface area contributed by atoms with Crippen LogP contribution in [0, 0.1) is 23.7 Å². The number of carbonyl (C=O) groups excluding carboxylic acids is 4. The molecule has 0 radical (unpaired) electrons. The standard InChI is InChI=1S/C19H28N4O4/c1-5-7-20-14(24)6-8-21-15(25)11-23-16(26)19(22-17(23)27)10-13(2)9-18(3,4)12-19/h1,13H,6-12H2,2-4H3,(H,20,24)(H,21,25)(H,22,27). The maximum absolute atomic E-state index is 12.9. The summed E-state index contributed by atoms with van der Waals surface area (Å²) in [5.74, 6) is 1.49. The number of terminal acetylenes is 1. The minimum absolute atomic E-state index is 0.0649. The van der Waals surface area contributed by atoms with E-state index in [1.807, 2.05) is 0 Å². The molecule has 1 aliphatic carbocycles. The van der Waals surface area contributed by atoms with E-state index in [0.29, 0.717) is 18.8 Å². The van der Waals surface area contributed by atoms with Crippen LogP contribution < -0.4 is 16.0 Å². The molecular formula is C19H28N4O4. The molecule has 1 heterocycles. The number of hydrogen-bond acceptors (Lipinski definition) is 4. The molecule has 27 heavy (non-hydrogen) atoms. The third kappa shape index (κ3) is 5.00. The molecule has 3 N–H and O–H groups in total. The van der Waals surface area contributed by atoms with Crippen LogP contribution >= 0.6 is 0 Å². The molecule has 2 atom stereocenters. The highest BCUT2D eigenvalue weighted by atomic mass is 16.2. The smallest absolute Gasteiger partial charge is 0.325 e. The molecule has 2 unspecified atom stereocenters. The summed E-state index contributed by atoms with van der Waals surface area (Å²) in [5, 5.41) is 7.87. The zero-order valence-electron chi connectivity index (χ0n) is 16.2. The summed E-state index contributed by atoms with van der Waals surface area (Å²) in [6.07, 6.45) is 7.24. The van der Waals surface area contributed by atoms with E-state index in [1.165, 1.54) is 0 Å². The van der Waals surface area contributed by atoms with Crippen molar-refractivity contribution in [3.05, 3.63) is 0 Å². The number of imide groups is 1. The zero-order chi connectivity index (χ0) is 20.2. The maximum Gasteiger partial charge on any atom is 0.325 e. The molecule has 1 saturated carbocycles. The van der Waals surface area contributed by atoms with Gasteiger partial charge >= 0.3 is 6.03 Å². The van der Waals surface area contributed by atoms with Crippen LogP contribution in [0.3, 0.4) is 0 Å². The Morgan fingerprint density at radius 1 is 1.26 bits per heavy atom. The van der Waals surface area contributed by atoms with Crippen LogP contribution in [0.5, 0.6) is 0 Å². The molecule has 0 aromatic heterocycles. The minimum Gasteiger partial charge on any atom is -0.354 e. The Hall–Kier alpha value is -2.56. The highest BCUT2D eigenvalue weighted by Gasteiger charge is 2.56. The second-order valence-electron chi connectivity index (χ2n) is 8.34. The molecule has 1 spiro atoms. The van der Waals surface area contributed by atoms with Crippen molar-refractivity contribution in [2.24, 2.45) is 11.3 Å². The van der Waals surface area contributed by atoms with Gasteiger partial charge in [-0.05, 0) is 30.6 Å². The van der Waals surface area contributed by atoms with Gasteiger partial charge in [-0.25, -0.2) is 4.79 Å². The fourth-order valence-electron chi connectivity index (χ4n) is 4.40. The predicted octanol–water partition coefficient (Wildman–Crippen LogP) is 0.379. The lowest BCUT2D eigenvalue weighted by atomic mass is 9.64. The molecule has 1 saturated heterocycles. The number of rotatable bonds is 6. The second-order valence-corrected chi connectivity index (χ2v) is 8.34. The van der Waals surface area contributed by atoms with Crippen LogP contribution in [0.15, 0.2) is 0 Å². The Kier molecular flexibility index (Phi) is 6.14. The van der Waals surface area contributed by atoms with Gasteiger partial charge in [0.15, 0.2) is 0 Å². The molecule has 8 heteroatoms. The average molecular weight is 376 g/mol. The van der Waals surface area contributed by atoms with Crippen molar-refractivity contribution in [2.75, 3.05) is 19.6 Å². The average Bonchev–Trinajstić information content (AvgIpc) is 2.74. The minimum atomic E-state index is -0.923. The summed E-state index contributed by atoms with van der Waals surface area (Å²) in [6, 6.07) is -0.535. The van der Waals surface area contributed by atoms with E-state index < -0.39 is 17.5 Å². The van der Waals surface area contributed by atoms with Gasteiger partial charge in [-0.3, -0.25) is 19.3 Å². The molecule has 1 aliphatic heterocycles. The van der Waals surface area contributed by atoms with Crippen LogP contribution in [0.4, 0.5) is 4.79 Å². The first-order chi connectivity index (χ1) is 12.6. The lowest BCUT2D eigenvalue weighted by Crippen LogP contribution is -2.54. The van der Waals surface area contributed by atoms with Crippen molar-refractivity contribution in [3.8, 4) is 12.3 Å². The monoisotopic (exact) mass is 376 g/mol. The summed E-state index contributed by atoms with van der Waals surface area (Å²) in [6.45, 7) is 6.13. The van der Waals surface area contributed by atoms with Crippen molar-refractivity contribution < 1.29 is 19.2 Å². The van der Waals surface area contributed by atoms with Gasteiger partial charge in [-0.15, -0.1) is 6.42 Å². The Labute approximate surface area is 159 Å². The van der Waals surface area contributed by atoms with Crippen molar-refractivity contribution in [1.29, 1.82) is 0 Å². The molecule has 0 aromatic rings. The number of hydrogen-bond donors (Lipinski definition) is 3. The van der Waals surface area contributed by atoms with E-state index in [1.54, 1.807) is 0 Å². The van der Waals surface area contributed by atoms with Gasteiger partial charge in [0, 0.05) is 13.0 Å². The molecule has 2 rings (SSSR count). The Bertz CT molecular complexity index is 682. The third-order valence-electron chi connectivity index (χ3n) is 4.99. The number of amides is 5. The molecule has 2 aliphatic rings. The molecule has 8 nitrogen and oxygen atoms in total. The third-order valence-corrected chi connectivity index (χ3v) is 4.99. The summed E-state index contributed by atoms with van der Waals surface area (Å²) in [5.41, 5.74) is -0.988. The van der Waals surface area contributed by atoms with Gasteiger partial charge in [0.1, 0.15) is 12.1 Å². The fraction of sp³-hybridized carbons (Fsp3) is 0.684. The summed E-state index contributed by atoms with van der Waals surface area (Å²) in [7, 11) is 0. The van der Waals surface area contributed by atoms with Crippen molar-refractivity contribution in [1.82, 2.24) is 20.9 Å². The number of urea groups is 1. The lowest BCUT2D eigenvalue weighted by molar-refractivity contribution is -0.137. The van der Waals surface area contributed by atoms with E-state index >= 15 is 0 Å². The van der Waals surface area contributed by atoms with Gasteiger partial charge in [0.2, 0.25) is 11.8 Å². The number of nitrogens with zero attached hydrogens (tertiary/aromatic N) is 1. The lowest BCUT2D eigenvalue weighted by Gasteiger charge is -2.43. The number of nitrogens with one attached hydrogen (secondary N) is 3. The zero-order valence-corrected chi connectivity index (χ0v) is 16.2. The first kappa shape index (κ1) is 20.7. The molecular weight excluding hydrogens is 348 g/mol. The first-order valence-corrected chi connectivity index (χ1v) is 9.19. The molecule has 148 valence electrons. The topological polar surface area (TPSA) is 108 Å². The van der Waals surface area contributed by atoms with Crippen LogP contribution in [0.1, 0.15) is 46.5 Å². The van der Waals surface area contributed by atoms with Gasteiger partial charge in [-0.2, -0.15) is 0 Å². The van der Waals surface area contributed by atoms with Crippen molar-refractivity contribution in [2.45, 2.75) is 52.0 Å². The Morgan fingerprint density at radius 2 is 1.96 bits per heavy atom. The van der Waals surface area contributed by atoms with E-state index in [0.717, 1.165) is 11.3 Å². The van der Waals surface area contributed by atoms with E-state index in [-0.39, 0.29) is 43.3 Å². The highest BCUT2D eigenvalue weighted by molar-refractivity contribution is 6.09. The molecule has 0 aromatic carbocycles. The van der Waals surface area contributed by atoms with Crippen molar-refractivity contribution in [3.63, 3.8) is 0 Å². The highest BCUT2D eigenvalue weighted by Crippen LogP contribution is 2.46. The maximum atomic E-state index is 12.9. The van der Waals surface area contributed by atoms with Crippen LogP contribution in [0.25, 0.3) is 0 Å². The Morgan fingerprint density at radius 3 is 2.59 bits per heavy atom. The van der Waals surface area contributed by atoms with Crippen LogP contribution in [0.2, 0.25) is 0 Å². The second kappa shape index (κ2) is 7.99.